The van der Waals surface area contributed by atoms with Gasteiger partial charge < -0.3 is 9.47 Å². The number of ether oxygens (including phenoxy) is 2. The first-order valence-electron chi connectivity index (χ1n) is 8.23. The summed E-state index contributed by atoms with van der Waals surface area (Å²) in [6, 6.07) is 0. The van der Waals surface area contributed by atoms with E-state index in [2.05, 4.69) is 0 Å². The summed E-state index contributed by atoms with van der Waals surface area (Å²) < 4.78 is 11.0. The molecule has 2 rings (SSSR count). The second-order valence-electron chi connectivity index (χ2n) is 6.13. The van der Waals surface area contributed by atoms with Crippen molar-refractivity contribution in [1.82, 2.24) is 0 Å². The minimum atomic E-state index is -0.182. The van der Waals surface area contributed by atoms with E-state index in [0.717, 1.165) is 38.5 Å². The van der Waals surface area contributed by atoms with Crippen LogP contribution in [-0.4, -0.2) is 34.6 Å². The molecular weight excluding hydrogens is 320 g/mol. The minimum Gasteiger partial charge on any atom is -0.461 e. The van der Waals surface area contributed by atoms with Gasteiger partial charge in [-0.3, -0.25) is 9.59 Å². The number of esters is 2. The lowest BCUT2D eigenvalue weighted by atomic mass is 9.97. The summed E-state index contributed by atoms with van der Waals surface area (Å²) in [5, 5.41) is 0.727. The van der Waals surface area contributed by atoms with E-state index in [4.69, 9.17) is 9.47 Å². The van der Waals surface area contributed by atoms with Gasteiger partial charge in [0.2, 0.25) is 0 Å². The molecule has 2 fully saturated rings. The van der Waals surface area contributed by atoms with Crippen molar-refractivity contribution in [2.24, 2.45) is 0 Å². The molecule has 0 bridgehead atoms. The lowest BCUT2D eigenvalue weighted by Crippen LogP contribution is -2.33. The van der Waals surface area contributed by atoms with Gasteiger partial charge in [0, 0.05) is 13.8 Å². The zero-order chi connectivity index (χ0) is 15.9. The van der Waals surface area contributed by atoms with E-state index in [1.165, 1.54) is 26.7 Å². The molecule has 0 heterocycles. The molecule has 6 heteroatoms. The van der Waals surface area contributed by atoms with Crippen LogP contribution in [-0.2, 0) is 19.1 Å². The van der Waals surface area contributed by atoms with E-state index >= 15 is 0 Å². The average Bonchev–Trinajstić information content (AvgIpc) is 2.46. The van der Waals surface area contributed by atoms with Gasteiger partial charge in [0.05, 0.1) is 10.5 Å². The first-order valence-corrected chi connectivity index (χ1v) is 10.5. The summed E-state index contributed by atoms with van der Waals surface area (Å²) in [6.07, 6.45) is 8.90. The van der Waals surface area contributed by atoms with Crippen LogP contribution in [0.2, 0.25) is 0 Å². The quantitative estimate of drug-likeness (QED) is 0.551. The highest BCUT2D eigenvalue weighted by Crippen LogP contribution is 2.44. The van der Waals surface area contributed by atoms with Crippen molar-refractivity contribution in [3.63, 3.8) is 0 Å². The lowest BCUT2D eigenvalue weighted by Gasteiger charge is -2.34. The summed E-state index contributed by atoms with van der Waals surface area (Å²) in [5.41, 5.74) is 0. The fourth-order valence-electron chi connectivity index (χ4n) is 3.18. The molecule has 2 aliphatic rings. The van der Waals surface area contributed by atoms with Crippen LogP contribution in [0.25, 0.3) is 0 Å². The topological polar surface area (TPSA) is 52.6 Å². The first-order chi connectivity index (χ1) is 10.6. The molecule has 2 aliphatic carbocycles. The Morgan fingerprint density at radius 2 is 1.09 bits per heavy atom. The number of rotatable bonds is 5. The number of hydrogen-bond acceptors (Lipinski definition) is 6. The highest BCUT2D eigenvalue weighted by Gasteiger charge is 2.33. The predicted molar refractivity (Wildman–Crippen MR) is 90.8 cm³/mol. The molecule has 126 valence electrons. The molecule has 0 amide bonds. The van der Waals surface area contributed by atoms with E-state index in [9.17, 15) is 9.59 Å². The highest BCUT2D eigenvalue weighted by molar-refractivity contribution is 8.77. The monoisotopic (exact) mass is 346 g/mol. The molecule has 0 spiro atoms. The van der Waals surface area contributed by atoms with Crippen LogP contribution >= 0.6 is 21.6 Å². The Bertz CT molecular complexity index is 352. The van der Waals surface area contributed by atoms with Gasteiger partial charge in [0.1, 0.15) is 12.2 Å². The number of carbonyl (C=O) groups is 2. The van der Waals surface area contributed by atoms with Gasteiger partial charge in [-0.2, -0.15) is 0 Å². The van der Waals surface area contributed by atoms with E-state index in [-0.39, 0.29) is 24.1 Å². The summed E-state index contributed by atoms with van der Waals surface area (Å²) in [6.45, 7) is 2.97. The molecule has 4 atom stereocenters. The van der Waals surface area contributed by atoms with Crippen molar-refractivity contribution in [3.05, 3.63) is 0 Å². The lowest BCUT2D eigenvalue weighted by molar-refractivity contribution is -0.148. The Morgan fingerprint density at radius 1 is 0.727 bits per heavy atom. The average molecular weight is 347 g/mol. The smallest absolute Gasteiger partial charge is 0.302 e. The fourth-order valence-corrected chi connectivity index (χ4v) is 6.80. The Balaban J connectivity index is 1.85. The molecule has 4 nitrogen and oxygen atoms in total. The van der Waals surface area contributed by atoms with Gasteiger partial charge in [-0.05, 0) is 38.5 Å². The zero-order valence-electron chi connectivity index (χ0n) is 13.4. The molecule has 0 saturated heterocycles. The molecule has 0 aromatic heterocycles. The summed E-state index contributed by atoms with van der Waals surface area (Å²) in [5.74, 6) is -0.365. The Kier molecular flexibility index (Phi) is 7.41. The largest absolute Gasteiger partial charge is 0.461 e. The van der Waals surface area contributed by atoms with Crippen LogP contribution in [0.15, 0.2) is 0 Å². The normalized spacial score (nSPS) is 32.3. The summed E-state index contributed by atoms with van der Waals surface area (Å²) in [7, 11) is 3.67. The predicted octanol–water partition coefficient (Wildman–Crippen LogP) is 4.12. The van der Waals surface area contributed by atoms with Gasteiger partial charge in [0.15, 0.2) is 0 Å². The van der Waals surface area contributed by atoms with Gasteiger partial charge in [-0.25, -0.2) is 0 Å². The number of hydrogen-bond donors (Lipinski definition) is 0. The van der Waals surface area contributed by atoms with Crippen LogP contribution in [0.1, 0.15) is 65.2 Å². The number of carbonyl (C=O) groups excluding carboxylic acids is 2. The van der Waals surface area contributed by atoms with E-state index in [1.807, 2.05) is 21.6 Å². The van der Waals surface area contributed by atoms with Crippen LogP contribution in [0.5, 0.6) is 0 Å². The Morgan fingerprint density at radius 3 is 1.45 bits per heavy atom. The minimum absolute atomic E-state index is 0.0412. The second-order valence-corrected chi connectivity index (χ2v) is 8.88. The standard InChI is InChI=1S/C16H26O4S2/c1-11(17)19-13-7-3-5-9-15(13)21-22-16-10-6-4-8-14(16)20-12(2)18/h13-16H,3-10H2,1-2H3/t13-,14-,15-,16-/m1/s1. The molecule has 2 saturated carbocycles. The van der Waals surface area contributed by atoms with E-state index in [1.54, 1.807) is 0 Å². The molecule has 0 unspecified atom stereocenters. The van der Waals surface area contributed by atoms with Crippen molar-refractivity contribution in [1.29, 1.82) is 0 Å². The zero-order valence-corrected chi connectivity index (χ0v) is 15.0. The van der Waals surface area contributed by atoms with E-state index in [0.29, 0.717) is 10.5 Å². The fraction of sp³-hybridized carbons (Fsp3) is 0.875. The highest BCUT2D eigenvalue weighted by atomic mass is 33.1. The molecule has 0 aromatic carbocycles. The van der Waals surface area contributed by atoms with Crippen LogP contribution in [0.4, 0.5) is 0 Å². The third kappa shape index (κ3) is 5.69. The maximum atomic E-state index is 11.2. The molecule has 22 heavy (non-hydrogen) atoms. The molecule has 0 radical (unpaired) electrons. The van der Waals surface area contributed by atoms with Crippen LogP contribution in [0.3, 0.4) is 0 Å². The van der Waals surface area contributed by atoms with Gasteiger partial charge in [-0.1, -0.05) is 34.4 Å². The molecule has 0 aromatic rings. The summed E-state index contributed by atoms with van der Waals surface area (Å²) in [4.78, 5) is 22.5. The van der Waals surface area contributed by atoms with E-state index < -0.39 is 0 Å². The van der Waals surface area contributed by atoms with Crippen LogP contribution < -0.4 is 0 Å². The SMILES string of the molecule is CC(=O)O[C@@H]1CCCC[C@H]1SS[C@@H]1CCCC[C@H]1OC(C)=O. The Hall–Kier alpha value is -0.360. The van der Waals surface area contributed by atoms with Crippen molar-refractivity contribution in [2.75, 3.05) is 0 Å². The van der Waals surface area contributed by atoms with Gasteiger partial charge in [0.25, 0.3) is 0 Å². The van der Waals surface area contributed by atoms with Gasteiger partial charge in [-0.15, -0.1) is 0 Å². The third-order valence-electron chi connectivity index (χ3n) is 4.22. The second kappa shape index (κ2) is 9.06. The van der Waals surface area contributed by atoms with Gasteiger partial charge >= 0.3 is 11.9 Å². The third-order valence-corrected chi connectivity index (χ3v) is 7.72. The first kappa shape index (κ1) is 18.0. The van der Waals surface area contributed by atoms with Crippen molar-refractivity contribution in [3.8, 4) is 0 Å². The van der Waals surface area contributed by atoms with Crippen molar-refractivity contribution >= 4 is 33.5 Å². The van der Waals surface area contributed by atoms with Crippen molar-refractivity contribution < 1.29 is 19.1 Å². The molecule has 0 aliphatic heterocycles. The maximum Gasteiger partial charge on any atom is 0.302 e. The van der Waals surface area contributed by atoms with Crippen LogP contribution in [0, 0.1) is 0 Å². The molecular formula is C16H26O4S2. The maximum absolute atomic E-state index is 11.2. The Labute approximate surface area is 140 Å². The summed E-state index contributed by atoms with van der Waals surface area (Å²) >= 11 is 0. The molecule has 0 N–H and O–H groups in total. The van der Waals surface area contributed by atoms with Crippen molar-refractivity contribution in [2.45, 2.75) is 87.9 Å².